The molecule has 0 aliphatic rings. The molecule has 0 saturated heterocycles. The van der Waals surface area contributed by atoms with Crippen LogP contribution in [-0.4, -0.2) is 5.78 Å². The molecule has 0 unspecified atom stereocenters. The summed E-state index contributed by atoms with van der Waals surface area (Å²) in [5.74, 6) is 2.59. The van der Waals surface area contributed by atoms with Gasteiger partial charge in [-0.1, -0.05) is 146 Å². The van der Waals surface area contributed by atoms with E-state index in [0.29, 0.717) is 0 Å². The highest BCUT2D eigenvalue weighted by molar-refractivity contribution is 7.84. The number of hydrogen-bond acceptors (Lipinski definition) is 1. The van der Waals surface area contributed by atoms with Crippen molar-refractivity contribution in [3.8, 4) is 0 Å². The Labute approximate surface area is 222 Å². The van der Waals surface area contributed by atoms with Crippen molar-refractivity contribution in [1.29, 1.82) is 0 Å². The van der Waals surface area contributed by atoms with Crippen LogP contribution in [0.1, 0.15) is 22.8 Å². The summed E-state index contributed by atoms with van der Waals surface area (Å²) < 4.78 is 0. The van der Waals surface area contributed by atoms with Gasteiger partial charge < -0.3 is 0 Å². The van der Waals surface area contributed by atoms with Crippen molar-refractivity contribution in [3.05, 3.63) is 163 Å². The molecule has 0 heterocycles. The van der Waals surface area contributed by atoms with Crippen molar-refractivity contribution in [2.75, 3.05) is 0 Å². The highest BCUT2D eigenvalue weighted by Crippen LogP contribution is 2.53. The molecule has 37 heavy (non-hydrogen) atoms. The van der Waals surface area contributed by atoms with Gasteiger partial charge in [0.25, 0.3) is 0 Å². The van der Waals surface area contributed by atoms with Crippen molar-refractivity contribution >= 4 is 48.2 Å². The first-order valence-electron chi connectivity index (χ1n) is 12.3. The molecule has 0 aromatic heterocycles. The number of ketones is 1. The Morgan fingerprint density at radius 1 is 0.486 bits per heavy atom. The molecule has 0 N–H and O–H groups in total. The van der Waals surface area contributed by atoms with Gasteiger partial charge >= 0.3 is 0 Å². The van der Waals surface area contributed by atoms with Crippen LogP contribution in [0.5, 0.6) is 0 Å². The fraction of sp³-hybridized carbons (Fsp3) is 0.0294. The van der Waals surface area contributed by atoms with Crippen molar-refractivity contribution in [2.24, 2.45) is 0 Å². The molecule has 1 nitrogen and oxygen atoms in total. The summed E-state index contributed by atoms with van der Waals surface area (Å²) in [5, 5.41) is 6.56. The smallest absolute Gasteiger partial charge is 0.159 e. The van der Waals surface area contributed by atoms with E-state index in [1.54, 1.807) is 6.92 Å². The summed E-state index contributed by atoms with van der Waals surface area (Å²) in [6, 6.07) is 51.4. The van der Waals surface area contributed by atoms with Gasteiger partial charge in [0.1, 0.15) is 0 Å². The Balaban J connectivity index is 1.77. The Hall–Kier alpha value is -3.63. The summed E-state index contributed by atoms with van der Waals surface area (Å²) in [4.78, 5) is 12.0. The third-order valence-corrected chi connectivity index (χ3v) is 11.1. The first-order chi connectivity index (χ1) is 18.2. The van der Waals surface area contributed by atoms with Gasteiger partial charge in [0.15, 0.2) is 5.78 Å². The Morgan fingerprint density at radius 3 is 1.22 bits per heavy atom. The van der Waals surface area contributed by atoms with Crippen LogP contribution in [0.2, 0.25) is 0 Å². The van der Waals surface area contributed by atoms with E-state index >= 15 is 0 Å². The zero-order chi connectivity index (χ0) is 25.5. The predicted octanol–water partition coefficient (Wildman–Crippen LogP) is 7.45. The minimum atomic E-state index is -0.836. The van der Waals surface area contributed by atoms with Gasteiger partial charge in [-0.2, -0.15) is 0 Å². The second-order valence-electron chi connectivity index (χ2n) is 8.70. The average molecular weight is 515 g/mol. The van der Waals surface area contributed by atoms with E-state index in [-0.39, 0.29) is 5.78 Å². The van der Waals surface area contributed by atoms with Crippen molar-refractivity contribution in [2.45, 2.75) is 6.92 Å². The number of carbonyl (C=O) groups excluding carboxylic acids is 1. The Morgan fingerprint density at radius 2 is 0.838 bits per heavy atom. The number of Topliss-reactive ketones (excluding diaryl/α,β-unsaturated/α-hetero) is 1. The molecular weight excluding hydrogens is 486 g/mol. The maximum absolute atomic E-state index is 12.0. The zero-order valence-corrected chi connectivity index (χ0v) is 22.5. The molecule has 0 aliphatic heterocycles. The summed E-state index contributed by atoms with van der Waals surface area (Å²) in [5.41, 5.74) is 1.89. The second kappa shape index (κ2) is 12.1. The summed E-state index contributed by atoms with van der Waals surface area (Å²) in [7, 11) is -1.60. The Kier molecular flexibility index (Phi) is 8.17. The first-order valence-corrected chi connectivity index (χ1v) is 15.1. The average Bonchev–Trinajstić information content (AvgIpc) is 2.97. The summed E-state index contributed by atoms with van der Waals surface area (Å²) >= 11 is 0. The molecule has 0 saturated carbocycles. The molecule has 180 valence electrons. The van der Waals surface area contributed by atoms with E-state index in [1.807, 2.05) is 12.1 Å². The van der Waals surface area contributed by atoms with Crippen LogP contribution < -0.4 is 21.2 Å². The van der Waals surface area contributed by atoms with E-state index in [1.165, 1.54) is 26.5 Å². The first kappa shape index (κ1) is 25.0. The molecule has 0 atom stereocenters. The zero-order valence-electron chi connectivity index (χ0n) is 20.7. The fourth-order valence-corrected chi connectivity index (χ4v) is 9.30. The van der Waals surface area contributed by atoms with Gasteiger partial charge in [0.05, 0.1) is 0 Å². The molecular formula is C34H28OP2. The molecule has 0 aliphatic carbocycles. The number of carbonyl (C=O) groups is 1. The minimum absolute atomic E-state index is 0.0845. The quantitative estimate of drug-likeness (QED) is 0.155. The van der Waals surface area contributed by atoms with E-state index in [4.69, 9.17) is 0 Å². The molecule has 3 heteroatoms. The number of benzene rings is 5. The normalized spacial score (nSPS) is 11.6. The van der Waals surface area contributed by atoms with Crippen LogP contribution in [0.15, 0.2) is 151 Å². The number of hydrogen-bond donors (Lipinski definition) is 0. The van der Waals surface area contributed by atoms with Crippen LogP contribution >= 0.6 is 15.8 Å². The van der Waals surface area contributed by atoms with Crippen LogP contribution in [0, 0.1) is 0 Å². The topological polar surface area (TPSA) is 17.1 Å². The molecule has 0 bridgehead atoms. The summed E-state index contributed by atoms with van der Waals surface area (Å²) in [6.45, 7) is 1.62. The van der Waals surface area contributed by atoms with Gasteiger partial charge in [0, 0.05) is 5.56 Å². The maximum Gasteiger partial charge on any atom is 0.159 e. The molecule has 0 amide bonds. The molecule has 5 aromatic carbocycles. The predicted molar refractivity (Wildman–Crippen MR) is 163 cm³/mol. The highest BCUT2D eigenvalue weighted by Gasteiger charge is 2.23. The minimum Gasteiger partial charge on any atom is -0.295 e. The van der Waals surface area contributed by atoms with Crippen molar-refractivity contribution < 1.29 is 4.79 Å². The fourth-order valence-electron chi connectivity index (χ4n) is 4.32. The number of rotatable bonds is 8. The lowest BCUT2D eigenvalue weighted by Crippen LogP contribution is -2.14. The lowest BCUT2D eigenvalue weighted by molar-refractivity contribution is 0.101. The standard InChI is InChI=1S/C34H28OP2/c1-27(35)28-22-24-29(25-23-28)34(37(32-18-10-4-11-19-32)33-20-12-5-13-21-33)26-36(30-14-6-2-7-15-30)31-16-8-3-9-17-31/h2-26H,1H3/b34-26-. The van der Waals surface area contributed by atoms with E-state index in [9.17, 15) is 4.79 Å². The van der Waals surface area contributed by atoms with Gasteiger partial charge in [0.2, 0.25) is 0 Å². The summed E-state index contributed by atoms with van der Waals surface area (Å²) in [6.07, 6.45) is 0. The molecule has 0 spiro atoms. The van der Waals surface area contributed by atoms with E-state index in [2.05, 4.69) is 139 Å². The molecule has 5 aromatic rings. The van der Waals surface area contributed by atoms with Crippen molar-refractivity contribution in [1.82, 2.24) is 0 Å². The van der Waals surface area contributed by atoms with Crippen LogP contribution in [0.4, 0.5) is 0 Å². The SMILES string of the molecule is CC(=O)c1ccc(/C(=C/P(c2ccccc2)c2ccccc2)P(c2ccccc2)c2ccccc2)cc1. The largest absolute Gasteiger partial charge is 0.295 e. The lowest BCUT2D eigenvalue weighted by Gasteiger charge is -2.25. The monoisotopic (exact) mass is 514 g/mol. The molecule has 5 rings (SSSR count). The second-order valence-corrected chi connectivity index (χ2v) is 12.9. The van der Waals surface area contributed by atoms with Crippen LogP contribution in [0.3, 0.4) is 0 Å². The van der Waals surface area contributed by atoms with E-state index in [0.717, 1.165) is 11.1 Å². The Bertz CT molecular complexity index is 1380. The maximum atomic E-state index is 12.0. The van der Waals surface area contributed by atoms with Crippen LogP contribution in [-0.2, 0) is 0 Å². The highest BCUT2D eigenvalue weighted by atomic mass is 31.1. The van der Waals surface area contributed by atoms with Gasteiger partial charge in [-0.15, -0.1) is 0 Å². The molecule has 0 radical (unpaired) electrons. The third-order valence-electron chi connectivity index (χ3n) is 6.18. The van der Waals surface area contributed by atoms with Crippen LogP contribution in [0.25, 0.3) is 5.31 Å². The molecule has 0 fully saturated rings. The third kappa shape index (κ3) is 6.03. The van der Waals surface area contributed by atoms with Gasteiger partial charge in [-0.3, -0.25) is 4.79 Å². The van der Waals surface area contributed by atoms with Gasteiger partial charge in [-0.05, 0) is 60.7 Å². The lowest BCUT2D eigenvalue weighted by atomic mass is 10.1. The van der Waals surface area contributed by atoms with E-state index < -0.39 is 15.8 Å². The van der Waals surface area contributed by atoms with Crippen molar-refractivity contribution in [3.63, 3.8) is 0 Å². The van der Waals surface area contributed by atoms with Gasteiger partial charge in [-0.25, -0.2) is 0 Å².